The number of halogens is 2. The molecule has 20 heavy (non-hydrogen) atoms. The fourth-order valence-corrected chi connectivity index (χ4v) is 3.71. The number of nitrogens with one attached hydrogen (secondary N) is 1. The lowest BCUT2D eigenvalue weighted by Gasteiger charge is -2.49. The maximum Gasteiger partial charge on any atom is 0.246 e. The van der Waals surface area contributed by atoms with E-state index in [4.69, 9.17) is 5.73 Å². The molecule has 0 radical (unpaired) electrons. The lowest BCUT2D eigenvalue weighted by Crippen LogP contribution is -2.61. The molecule has 1 aromatic carbocycles. The summed E-state index contributed by atoms with van der Waals surface area (Å²) in [7, 11) is -4.36. The summed E-state index contributed by atoms with van der Waals surface area (Å²) in [5.74, 6) is -2.49. The molecule has 0 aromatic heterocycles. The number of benzene rings is 1. The second-order valence-electron chi connectivity index (χ2n) is 5.56. The molecule has 0 amide bonds. The first-order valence-corrected chi connectivity index (χ1v) is 7.49. The fraction of sp³-hybridized carbons (Fsp3) is 0.500. The van der Waals surface area contributed by atoms with Gasteiger partial charge >= 0.3 is 0 Å². The van der Waals surface area contributed by atoms with Gasteiger partial charge in [0.25, 0.3) is 0 Å². The monoisotopic (exact) mass is 306 g/mol. The van der Waals surface area contributed by atoms with Crippen molar-refractivity contribution in [1.29, 1.82) is 0 Å². The number of hydrogen-bond acceptors (Lipinski definition) is 4. The zero-order valence-corrected chi connectivity index (χ0v) is 11.8. The van der Waals surface area contributed by atoms with Crippen molar-refractivity contribution in [2.45, 2.75) is 37.3 Å². The molecule has 0 spiro atoms. The summed E-state index contributed by atoms with van der Waals surface area (Å²) in [6, 6.07) is 0.912. The van der Waals surface area contributed by atoms with Gasteiger partial charge in [-0.25, -0.2) is 21.9 Å². The standard InChI is InChI=1S/C12H16F2N2O3S/c1-12(2)9(5-10(12)17)16-20(18,19)11-7(13)3-6(15)4-8(11)14/h3-4,9-10,16-17H,5,15H2,1-2H3. The topological polar surface area (TPSA) is 92.4 Å². The van der Waals surface area contributed by atoms with Gasteiger partial charge in [-0.15, -0.1) is 0 Å². The molecule has 2 unspecified atom stereocenters. The quantitative estimate of drug-likeness (QED) is 0.726. The minimum absolute atomic E-state index is 0.196. The van der Waals surface area contributed by atoms with Crippen molar-refractivity contribution < 1.29 is 22.3 Å². The summed E-state index contributed by atoms with van der Waals surface area (Å²) in [6.07, 6.45) is -0.457. The van der Waals surface area contributed by atoms with E-state index in [0.29, 0.717) is 0 Å². The summed E-state index contributed by atoms with van der Waals surface area (Å²) in [5.41, 5.74) is 4.36. The van der Waals surface area contributed by atoms with Gasteiger partial charge in [0.05, 0.1) is 6.10 Å². The van der Waals surface area contributed by atoms with Crippen LogP contribution in [0.25, 0.3) is 0 Å². The van der Waals surface area contributed by atoms with E-state index in [-0.39, 0.29) is 12.1 Å². The molecule has 1 saturated carbocycles. The maximum atomic E-state index is 13.7. The van der Waals surface area contributed by atoms with Gasteiger partial charge in [0, 0.05) is 17.1 Å². The predicted octanol–water partition coefficient (Wildman–Crippen LogP) is 0.985. The SMILES string of the molecule is CC1(C)C(O)CC1NS(=O)(=O)c1c(F)cc(N)cc1F. The van der Waals surface area contributed by atoms with E-state index >= 15 is 0 Å². The van der Waals surface area contributed by atoms with Gasteiger partial charge in [-0.1, -0.05) is 13.8 Å². The summed E-state index contributed by atoms with van der Waals surface area (Å²) in [6.45, 7) is 3.34. The van der Waals surface area contributed by atoms with Gasteiger partial charge in [-0.2, -0.15) is 0 Å². The Kier molecular flexibility index (Phi) is 3.52. The van der Waals surface area contributed by atoms with E-state index in [1.807, 2.05) is 0 Å². The van der Waals surface area contributed by atoms with Crippen LogP contribution in [0.15, 0.2) is 17.0 Å². The van der Waals surface area contributed by atoms with Crippen molar-refractivity contribution in [2.24, 2.45) is 5.41 Å². The van der Waals surface area contributed by atoms with E-state index in [0.717, 1.165) is 12.1 Å². The van der Waals surface area contributed by atoms with Gasteiger partial charge < -0.3 is 10.8 Å². The highest BCUT2D eigenvalue weighted by atomic mass is 32.2. The van der Waals surface area contributed by atoms with E-state index < -0.39 is 44.1 Å². The van der Waals surface area contributed by atoms with Crippen LogP contribution in [-0.2, 0) is 10.0 Å². The smallest absolute Gasteiger partial charge is 0.246 e. The second-order valence-corrected chi connectivity index (χ2v) is 7.21. The average molecular weight is 306 g/mol. The maximum absolute atomic E-state index is 13.7. The highest BCUT2D eigenvalue weighted by Gasteiger charge is 2.49. The van der Waals surface area contributed by atoms with Crippen molar-refractivity contribution >= 4 is 15.7 Å². The molecule has 2 rings (SSSR count). The summed E-state index contributed by atoms with van der Waals surface area (Å²) in [4.78, 5) is -1.05. The molecule has 2 atom stereocenters. The highest BCUT2D eigenvalue weighted by molar-refractivity contribution is 7.89. The summed E-state index contributed by atoms with van der Waals surface area (Å²) >= 11 is 0. The summed E-state index contributed by atoms with van der Waals surface area (Å²) in [5, 5.41) is 9.56. The lowest BCUT2D eigenvalue weighted by molar-refractivity contribution is -0.0645. The number of anilines is 1. The first-order valence-electron chi connectivity index (χ1n) is 6.00. The number of nitrogens with two attached hydrogens (primary N) is 1. The Morgan fingerprint density at radius 1 is 1.35 bits per heavy atom. The van der Waals surface area contributed by atoms with Gasteiger partial charge in [0.15, 0.2) is 4.90 Å². The van der Waals surface area contributed by atoms with E-state index in [9.17, 15) is 22.3 Å². The molecule has 8 heteroatoms. The largest absolute Gasteiger partial charge is 0.399 e. The zero-order valence-electron chi connectivity index (χ0n) is 11.0. The third-order valence-electron chi connectivity index (χ3n) is 3.80. The van der Waals surface area contributed by atoms with Crippen molar-refractivity contribution in [1.82, 2.24) is 4.72 Å². The Labute approximate surface area is 115 Å². The average Bonchev–Trinajstić information content (AvgIpc) is 2.26. The van der Waals surface area contributed by atoms with E-state index in [1.54, 1.807) is 13.8 Å². The highest BCUT2D eigenvalue weighted by Crippen LogP contribution is 2.41. The summed E-state index contributed by atoms with van der Waals surface area (Å²) < 4.78 is 53.7. The van der Waals surface area contributed by atoms with Crippen LogP contribution in [0.2, 0.25) is 0 Å². The molecule has 1 aromatic rings. The van der Waals surface area contributed by atoms with Crippen LogP contribution in [0.5, 0.6) is 0 Å². The fourth-order valence-electron chi connectivity index (χ4n) is 2.18. The van der Waals surface area contributed by atoms with Crippen molar-refractivity contribution in [2.75, 3.05) is 5.73 Å². The molecule has 0 bridgehead atoms. The molecule has 1 fully saturated rings. The van der Waals surface area contributed by atoms with Crippen molar-refractivity contribution in [3.8, 4) is 0 Å². The Morgan fingerprint density at radius 2 is 1.85 bits per heavy atom. The Bertz CT molecular complexity index is 623. The molecule has 4 N–H and O–H groups in total. The molecular formula is C12H16F2N2O3S. The van der Waals surface area contributed by atoms with Crippen LogP contribution in [0.4, 0.5) is 14.5 Å². The first kappa shape index (κ1) is 15.1. The Balaban J connectivity index is 2.33. The van der Waals surface area contributed by atoms with Crippen LogP contribution in [0, 0.1) is 17.0 Å². The van der Waals surface area contributed by atoms with Crippen molar-refractivity contribution in [3.63, 3.8) is 0 Å². The molecule has 0 saturated heterocycles. The molecule has 1 aliphatic rings. The number of rotatable bonds is 3. The van der Waals surface area contributed by atoms with Gasteiger partial charge in [0.2, 0.25) is 10.0 Å². The first-order chi connectivity index (χ1) is 9.05. The molecule has 112 valence electrons. The van der Waals surface area contributed by atoms with Crippen LogP contribution in [-0.4, -0.2) is 25.7 Å². The third-order valence-corrected chi connectivity index (χ3v) is 5.32. The predicted molar refractivity (Wildman–Crippen MR) is 69.3 cm³/mol. The number of nitrogen functional groups attached to an aromatic ring is 1. The van der Waals surface area contributed by atoms with E-state index in [2.05, 4.69) is 4.72 Å². The van der Waals surface area contributed by atoms with Gasteiger partial charge in [-0.3, -0.25) is 0 Å². The van der Waals surface area contributed by atoms with Crippen molar-refractivity contribution in [3.05, 3.63) is 23.8 Å². The lowest BCUT2D eigenvalue weighted by atomic mass is 9.65. The third kappa shape index (κ3) is 2.38. The van der Waals surface area contributed by atoms with Crippen LogP contribution < -0.4 is 10.5 Å². The van der Waals surface area contributed by atoms with Crippen LogP contribution in [0.3, 0.4) is 0 Å². The molecular weight excluding hydrogens is 290 g/mol. The van der Waals surface area contributed by atoms with Gasteiger partial charge in [0.1, 0.15) is 11.6 Å². The van der Waals surface area contributed by atoms with Crippen LogP contribution in [0.1, 0.15) is 20.3 Å². The van der Waals surface area contributed by atoms with E-state index in [1.165, 1.54) is 0 Å². The molecule has 5 nitrogen and oxygen atoms in total. The number of aliphatic hydroxyl groups excluding tert-OH is 1. The second kappa shape index (κ2) is 4.64. The normalized spacial score (nSPS) is 25.2. The van der Waals surface area contributed by atoms with Crippen LogP contribution >= 0.6 is 0 Å². The Morgan fingerprint density at radius 3 is 2.25 bits per heavy atom. The number of sulfonamides is 1. The number of aliphatic hydroxyl groups is 1. The minimum atomic E-state index is -4.36. The number of hydrogen-bond donors (Lipinski definition) is 3. The molecule has 0 heterocycles. The van der Waals surface area contributed by atoms with Gasteiger partial charge in [-0.05, 0) is 18.6 Å². The molecule has 1 aliphatic carbocycles. The Hall–Kier alpha value is -1.25. The minimum Gasteiger partial charge on any atom is -0.399 e. The molecule has 0 aliphatic heterocycles. The zero-order chi connectivity index (χ0) is 15.3.